The van der Waals surface area contributed by atoms with E-state index in [1.165, 1.54) is 26.5 Å². The van der Waals surface area contributed by atoms with Crippen LogP contribution in [0.1, 0.15) is 36.5 Å². The van der Waals surface area contributed by atoms with Crippen molar-refractivity contribution in [2.45, 2.75) is 26.4 Å². The molecule has 0 aliphatic heterocycles. The van der Waals surface area contributed by atoms with E-state index >= 15 is 0 Å². The van der Waals surface area contributed by atoms with Crippen LogP contribution in [0, 0.1) is 0 Å². The van der Waals surface area contributed by atoms with Crippen molar-refractivity contribution in [3.8, 4) is 5.75 Å². The molecule has 3 aromatic rings. The zero-order valence-electron chi connectivity index (χ0n) is 17.4. The van der Waals surface area contributed by atoms with Gasteiger partial charge >= 0.3 is 11.6 Å². The van der Waals surface area contributed by atoms with Crippen LogP contribution in [0.5, 0.6) is 5.75 Å². The lowest BCUT2D eigenvalue weighted by Gasteiger charge is -2.13. The van der Waals surface area contributed by atoms with Crippen LogP contribution in [0.3, 0.4) is 0 Å². The molecule has 0 unspecified atom stereocenters. The third kappa shape index (κ3) is 4.54. The van der Waals surface area contributed by atoms with E-state index in [2.05, 4.69) is 0 Å². The Kier molecular flexibility index (Phi) is 6.57. The van der Waals surface area contributed by atoms with Crippen molar-refractivity contribution in [3.63, 3.8) is 0 Å². The minimum atomic E-state index is -0.502. The maximum Gasteiger partial charge on any atom is 0.341 e. The SMILES string of the molecule is CO/C=C(/C(=O)OC)c1ccccc1COc1ccc2c(C(C)C)cc(=O)oc2c1. The summed E-state index contributed by atoms with van der Waals surface area (Å²) in [5.74, 6) is 0.245. The van der Waals surface area contributed by atoms with Crippen LogP contribution in [0.15, 0.2) is 64.0 Å². The molecular weight excluding hydrogens is 384 g/mol. The molecule has 1 aromatic heterocycles. The molecule has 2 aromatic carbocycles. The van der Waals surface area contributed by atoms with Gasteiger partial charge in [-0.2, -0.15) is 0 Å². The van der Waals surface area contributed by atoms with Crippen molar-refractivity contribution < 1.29 is 23.4 Å². The molecule has 6 nitrogen and oxygen atoms in total. The number of fused-ring (bicyclic) bond motifs is 1. The number of benzene rings is 2. The third-order valence-electron chi connectivity index (χ3n) is 4.71. The Morgan fingerprint density at radius 1 is 1.10 bits per heavy atom. The standard InChI is InChI=1S/C24H24O6/c1-15(2)20-12-23(25)30-22-11-17(9-10-19(20)22)29-13-16-7-5-6-8-18(16)21(14-27-3)24(26)28-4/h5-12,14-15H,13H2,1-4H3/b21-14+. The van der Waals surface area contributed by atoms with E-state index in [0.717, 1.165) is 16.5 Å². The predicted octanol–water partition coefficient (Wildman–Crippen LogP) is 4.66. The minimum absolute atomic E-state index is 0.194. The van der Waals surface area contributed by atoms with E-state index in [0.29, 0.717) is 22.5 Å². The summed E-state index contributed by atoms with van der Waals surface area (Å²) in [6.07, 6.45) is 1.35. The van der Waals surface area contributed by atoms with Crippen molar-refractivity contribution in [1.29, 1.82) is 0 Å². The number of carbonyl (C=O) groups excluding carboxylic acids is 1. The first-order valence-electron chi connectivity index (χ1n) is 9.54. The number of methoxy groups -OCH3 is 2. The number of esters is 1. The fourth-order valence-electron chi connectivity index (χ4n) is 3.25. The van der Waals surface area contributed by atoms with Crippen molar-refractivity contribution in [1.82, 2.24) is 0 Å². The monoisotopic (exact) mass is 408 g/mol. The van der Waals surface area contributed by atoms with Crippen LogP contribution in [0.4, 0.5) is 0 Å². The first-order valence-corrected chi connectivity index (χ1v) is 9.54. The van der Waals surface area contributed by atoms with Gasteiger partial charge in [-0.3, -0.25) is 0 Å². The number of hydrogen-bond donors (Lipinski definition) is 0. The summed E-state index contributed by atoms with van der Waals surface area (Å²) in [4.78, 5) is 24.0. The lowest BCUT2D eigenvalue weighted by Crippen LogP contribution is -2.08. The summed E-state index contributed by atoms with van der Waals surface area (Å²) < 4.78 is 21.2. The molecule has 3 rings (SSSR count). The molecule has 0 atom stereocenters. The van der Waals surface area contributed by atoms with Gasteiger partial charge in [0, 0.05) is 17.5 Å². The smallest absolute Gasteiger partial charge is 0.341 e. The highest BCUT2D eigenvalue weighted by atomic mass is 16.5. The Morgan fingerprint density at radius 2 is 1.87 bits per heavy atom. The number of carbonyl (C=O) groups is 1. The summed E-state index contributed by atoms with van der Waals surface area (Å²) in [7, 11) is 2.79. The minimum Gasteiger partial charge on any atom is -0.503 e. The predicted molar refractivity (Wildman–Crippen MR) is 114 cm³/mol. The van der Waals surface area contributed by atoms with Crippen LogP contribution >= 0.6 is 0 Å². The second-order valence-electron chi connectivity index (χ2n) is 7.04. The molecule has 30 heavy (non-hydrogen) atoms. The molecular formula is C24H24O6. The zero-order chi connectivity index (χ0) is 21.7. The van der Waals surface area contributed by atoms with E-state index in [1.54, 1.807) is 12.1 Å². The largest absolute Gasteiger partial charge is 0.503 e. The summed E-state index contributed by atoms with van der Waals surface area (Å²) in [6.45, 7) is 4.26. The van der Waals surface area contributed by atoms with Gasteiger partial charge in [-0.25, -0.2) is 9.59 Å². The van der Waals surface area contributed by atoms with Gasteiger partial charge in [-0.1, -0.05) is 38.1 Å². The highest BCUT2D eigenvalue weighted by Crippen LogP contribution is 2.28. The molecule has 156 valence electrons. The van der Waals surface area contributed by atoms with Gasteiger partial charge in [0.15, 0.2) is 0 Å². The molecule has 0 aliphatic carbocycles. The van der Waals surface area contributed by atoms with Crippen LogP contribution in [-0.2, 0) is 20.9 Å². The van der Waals surface area contributed by atoms with Gasteiger partial charge in [0.25, 0.3) is 0 Å². The lowest BCUT2D eigenvalue weighted by molar-refractivity contribution is -0.133. The number of hydrogen-bond acceptors (Lipinski definition) is 6. The van der Waals surface area contributed by atoms with E-state index in [9.17, 15) is 9.59 Å². The van der Waals surface area contributed by atoms with Gasteiger partial charge in [0.05, 0.1) is 20.5 Å². The fourth-order valence-corrected chi connectivity index (χ4v) is 3.25. The Labute approximate surface area is 174 Å². The lowest BCUT2D eigenvalue weighted by atomic mass is 9.99. The van der Waals surface area contributed by atoms with E-state index in [4.69, 9.17) is 18.6 Å². The average Bonchev–Trinajstić information content (AvgIpc) is 2.74. The highest BCUT2D eigenvalue weighted by Gasteiger charge is 2.17. The first-order chi connectivity index (χ1) is 14.4. The summed E-state index contributed by atoms with van der Waals surface area (Å²) in [5, 5.41) is 0.883. The van der Waals surface area contributed by atoms with Crippen LogP contribution < -0.4 is 10.4 Å². The van der Waals surface area contributed by atoms with Crippen LogP contribution in [0.25, 0.3) is 16.5 Å². The van der Waals surface area contributed by atoms with Gasteiger partial charge in [-0.15, -0.1) is 0 Å². The Balaban J connectivity index is 1.91. The summed E-state index contributed by atoms with van der Waals surface area (Å²) in [5.41, 5.74) is 2.76. The van der Waals surface area contributed by atoms with Crippen molar-refractivity contribution in [2.75, 3.05) is 14.2 Å². The average molecular weight is 408 g/mol. The topological polar surface area (TPSA) is 75.0 Å². The molecule has 0 bridgehead atoms. The van der Waals surface area contributed by atoms with E-state index < -0.39 is 5.97 Å². The van der Waals surface area contributed by atoms with Crippen LogP contribution in [0.2, 0.25) is 0 Å². The maximum absolute atomic E-state index is 12.1. The normalized spacial score (nSPS) is 11.6. The van der Waals surface area contributed by atoms with Gasteiger partial charge in [-0.05, 0) is 34.7 Å². The zero-order valence-corrected chi connectivity index (χ0v) is 17.4. The molecule has 1 heterocycles. The van der Waals surface area contributed by atoms with Crippen molar-refractivity contribution in [3.05, 3.63) is 81.9 Å². The second kappa shape index (κ2) is 9.31. The van der Waals surface area contributed by atoms with Crippen molar-refractivity contribution in [2.24, 2.45) is 0 Å². The first kappa shape index (κ1) is 21.2. The molecule has 0 radical (unpaired) electrons. The molecule has 0 saturated carbocycles. The number of ether oxygens (including phenoxy) is 3. The van der Waals surface area contributed by atoms with Crippen molar-refractivity contribution >= 4 is 22.5 Å². The molecule has 0 amide bonds. The van der Waals surface area contributed by atoms with E-state index in [-0.39, 0.29) is 18.2 Å². The Hall–Kier alpha value is -3.54. The van der Waals surface area contributed by atoms with Gasteiger partial charge in [0.2, 0.25) is 0 Å². The molecule has 0 fully saturated rings. The second-order valence-corrected chi connectivity index (χ2v) is 7.04. The molecule has 6 heteroatoms. The summed E-state index contributed by atoms with van der Waals surface area (Å²) in [6, 6.07) is 14.3. The number of rotatable bonds is 7. The highest BCUT2D eigenvalue weighted by molar-refractivity contribution is 6.16. The van der Waals surface area contributed by atoms with Gasteiger partial charge in [0.1, 0.15) is 23.5 Å². The molecule has 0 aliphatic rings. The van der Waals surface area contributed by atoms with Gasteiger partial charge < -0.3 is 18.6 Å². The van der Waals surface area contributed by atoms with E-state index in [1.807, 2.05) is 44.2 Å². The van der Waals surface area contributed by atoms with Crippen LogP contribution in [-0.4, -0.2) is 20.2 Å². The third-order valence-corrected chi connectivity index (χ3v) is 4.71. The molecule has 0 spiro atoms. The quantitative estimate of drug-likeness (QED) is 0.245. The summed E-state index contributed by atoms with van der Waals surface area (Å²) >= 11 is 0. The Bertz CT molecular complexity index is 1140. The Morgan fingerprint density at radius 3 is 2.57 bits per heavy atom. The molecule has 0 saturated heterocycles. The fraction of sp³-hybridized carbons (Fsp3) is 0.250. The molecule has 0 N–H and O–H groups in total. The maximum atomic E-state index is 12.1.